The van der Waals surface area contributed by atoms with Gasteiger partial charge in [0.25, 0.3) is 0 Å². The maximum atomic E-state index is 12.7. The zero-order valence-electron chi connectivity index (χ0n) is 24.4. The quantitative estimate of drug-likeness (QED) is 0.0654. The zero-order valence-corrected chi connectivity index (χ0v) is 24.4. The zero-order chi connectivity index (χ0) is 28.4. The molecule has 0 bridgehead atoms. The lowest BCUT2D eigenvalue weighted by Crippen LogP contribution is -2.11. The number of unbranched alkanes of at least 4 members (excludes halogenated alkanes) is 8. The minimum atomic E-state index is -0.381. The standard InChI is InChI=1S/C36H46O4/c1-4-6-8-9-10-11-12-14-28-38-33-22-20-31(21-23-33)30-16-18-32(19-17-30)36(37)40-35-26-24-34(25-27-35)39-29(3)15-13-7-5-2/h4,16-27,29H,1,5-15,28H2,2-3H3/t29-/m0/s1. The molecule has 3 aromatic rings. The molecule has 0 aliphatic rings. The molecule has 40 heavy (non-hydrogen) atoms. The third-order valence-corrected chi connectivity index (χ3v) is 6.97. The van der Waals surface area contributed by atoms with Gasteiger partial charge in [0.15, 0.2) is 0 Å². The molecule has 0 N–H and O–H groups in total. The number of rotatable bonds is 19. The number of ether oxygens (including phenoxy) is 3. The summed E-state index contributed by atoms with van der Waals surface area (Å²) >= 11 is 0. The fraction of sp³-hybridized carbons (Fsp3) is 0.417. The third-order valence-electron chi connectivity index (χ3n) is 6.97. The van der Waals surface area contributed by atoms with E-state index in [4.69, 9.17) is 14.2 Å². The Morgan fingerprint density at radius 1 is 0.725 bits per heavy atom. The van der Waals surface area contributed by atoms with Crippen molar-refractivity contribution in [2.24, 2.45) is 0 Å². The third kappa shape index (κ3) is 11.3. The van der Waals surface area contributed by atoms with Crippen LogP contribution >= 0.6 is 0 Å². The highest BCUT2D eigenvalue weighted by Crippen LogP contribution is 2.25. The highest BCUT2D eigenvalue weighted by Gasteiger charge is 2.10. The number of allylic oxidation sites excluding steroid dienone is 1. The van der Waals surface area contributed by atoms with E-state index >= 15 is 0 Å². The molecule has 214 valence electrons. The maximum Gasteiger partial charge on any atom is 0.343 e. The summed E-state index contributed by atoms with van der Waals surface area (Å²) in [6.45, 7) is 8.81. The second kappa shape index (κ2) is 17.9. The first-order valence-corrected chi connectivity index (χ1v) is 15.0. The molecule has 0 radical (unpaired) electrons. The van der Waals surface area contributed by atoms with Gasteiger partial charge in [-0.05, 0) is 98.7 Å². The molecule has 0 aliphatic heterocycles. The van der Waals surface area contributed by atoms with Gasteiger partial charge >= 0.3 is 5.97 Å². The van der Waals surface area contributed by atoms with Crippen molar-refractivity contribution >= 4 is 5.97 Å². The minimum absolute atomic E-state index is 0.166. The highest BCUT2D eigenvalue weighted by molar-refractivity contribution is 5.91. The second-order valence-corrected chi connectivity index (χ2v) is 10.4. The van der Waals surface area contributed by atoms with Crippen LogP contribution in [0.15, 0.2) is 85.5 Å². The number of carbonyl (C=O) groups is 1. The Balaban J connectivity index is 1.40. The van der Waals surface area contributed by atoms with Crippen molar-refractivity contribution in [1.29, 1.82) is 0 Å². The molecule has 0 saturated carbocycles. The van der Waals surface area contributed by atoms with E-state index in [1.165, 1.54) is 51.4 Å². The van der Waals surface area contributed by atoms with E-state index in [0.717, 1.165) is 48.5 Å². The fourth-order valence-electron chi connectivity index (χ4n) is 4.56. The Bertz CT molecular complexity index is 1120. The van der Waals surface area contributed by atoms with Crippen molar-refractivity contribution in [1.82, 2.24) is 0 Å². The van der Waals surface area contributed by atoms with Crippen molar-refractivity contribution in [2.45, 2.75) is 90.6 Å². The van der Waals surface area contributed by atoms with Gasteiger partial charge in [0.2, 0.25) is 0 Å². The van der Waals surface area contributed by atoms with Crippen molar-refractivity contribution in [2.75, 3.05) is 6.61 Å². The van der Waals surface area contributed by atoms with Crippen LogP contribution in [0.2, 0.25) is 0 Å². The molecule has 0 fully saturated rings. The average Bonchev–Trinajstić information content (AvgIpc) is 2.98. The van der Waals surface area contributed by atoms with Crippen LogP contribution in [0.5, 0.6) is 17.2 Å². The van der Waals surface area contributed by atoms with Crippen LogP contribution < -0.4 is 14.2 Å². The van der Waals surface area contributed by atoms with Crippen molar-refractivity contribution in [3.8, 4) is 28.4 Å². The lowest BCUT2D eigenvalue weighted by Gasteiger charge is -2.14. The van der Waals surface area contributed by atoms with Crippen LogP contribution in [-0.4, -0.2) is 18.7 Å². The number of esters is 1. The summed E-state index contributed by atoms with van der Waals surface area (Å²) in [7, 11) is 0. The van der Waals surface area contributed by atoms with Gasteiger partial charge in [-0.3, -0.25) is 0 Å². The monoisotopic (exact) mass is 542 g/mol. The van der Waals surface area contributed by atoms with E-state index in [0.29, 0.717) is 11.3 Å². The minimum Gasteiger partial charge on any atom is -0.494 e. The largest absolute Gasteiger partial charge is 0.494 e. The average molecular weight is 543 g/mol. The molecule has 0 aliphatic carbocycles. The van der Waals surface area contributed by atoms with Crippen LogP contribution in [0.4, 0.5) is 0 Å². The van der Waals surface area contributed by atoms with E-state index in [1.54, 1.807) is 24.3 Å². The Morgan fingerprint density at radius 3 is 1.95 bits per heavy atom. The summed E-state index contributed by atoms with van der Waals surface area (Å²) in [5.74, 6) is 1.79. The van der Waals surface area contributed by atoms with Gasteiger partial charge in [-0.1, -0.05) is 75.8 Å². The van der Waals surface area contributed by atoms with Crippen LogP contribution in [0.3, 0.4) is 0 Å². The number of hydrogen-bond donors (Lipinski definition) is 0. The lowest BCUT2D eigenvalue weighted by molar-refractivity contribution is 0.0734. The van der Waals surface area contributed by atoms with Crippen molar-refractivity contribution in [3.63, 3.8) is 0 Å². The Hall–Kier alpha value is -3.53. The molecule has 3 aromatic carbocycles. The molecule has 0 unspecified atom stereocenters. The van der Waals surface area contributed by atoms with Crippen LogP contribution in [0.1, 0.15) is 94.8 Å². The smallest absolute Gasteiger partial charge is 0.343 e. The molecule has 3 rings (SSSR count). The van der Waals surface area contributed by atoms with Gasteiger partial charge < -0.3 is 14.2 Å². The van der Waals surface area contributed by atoms with Gasteiger partial charge in [-0.25, -0.2) is 4.79 Å². The molecule has 1 atom stereocenters. The van der Waals surface area contributed by atoms with Gasteiger partial charge in [0, 0.05) is 0 Å². The number of carbonyl (C=O) groups excluding carboxylic acids is 1. The predicted octanol–water partition coefficient (Wildman–Crippen LogP) is 10.2. The van der Waals surface area contributed by atoms with E-state index in [1.807, 2.05) is 42.5 Å². The van der Waals surface area contributed by atoms with E-state index in [-0.39, 0.29) is 12.1 Å². The van der Waals surface area contributed by atoms with E-state index < -0.39 is 0 Å². The van der Waals surface area contributed by atoms with Crippen LogP contribution in [0, 0.1) is 0 Å². The summed E-state index contributed by atoms with van der Waals surface area (Å²) in [6, 6.07) is 22.8. The normalized spacial score (nSPS) is 11.6. The molecule has 0 amide bonds. The van der Waals surface area contributed by atoms with Crippen LogP contribution in [0.25, 0.3) is 11.1 Å². The highest BCUT2D eigenvalue weighted by atomic mass is 16.5. The van der Waals surface area contributed by atoms with Gasteiger partial charge in [-0.2, -0.15) is 0 Å². The number of hydrogen-bond acceptors (Lipinski definition) is 4. The Kier molecular flexibility index (Phi) is 13.9. The van der Waals surface area contributed by atoms with Gasteiger partial charge in [0.05, 0.1) is 18.3 Å². The number of benzene rings is 3. The van der Waals surface area contributed by atoms with Gasteiger partial charge in [0.1, 0.15) is 17.2 Å². The fourth-order valence-corrected chi connectivity index (χ4v) is 4.56. The molecule has 4 nitrogen and oxygen atoms in total. The van der Waals surface area contributed by atoms with Gasteiger partial charge in [-0.15, -0.1) is 6.58 Å². The molecule has 0 spiro atoms. The van der Waals surface area contributed by atoms with E-state index in [2.05, 4.69) is 32.6 Å². The van der Waals surface area contributed by atoms with Crippen LogP contribution in [-0.2, 0) is 0 Å². The molecular formula is C36H46O4. The summed E-state index contributed by atoms with van der Waals surface area (Å²) < 4.78 is 17.4. The summed E-state index contributed by atoms with van der Waals surface area (Å²) in [5, 5.41) is 0. The molecule has 0 heterocycles. The first-order valence-electron chi connectivity index (χ1n) is 15.0. The summed E-state index contributed by atoms with van der Waals surface area (Å²) in [5.41, 5.74) is 2.62. The molecule has 0 aromatic heterocycles. The van der Waals surface area contributed by atoms with Crippen molar-refractivity contribution < 1.29 is 19.0 Å². The maximum absolute atomic E-state index is 12.7. The van der Waals surface area contributed by atoms with E-state index in [9.17, 15) is 4.79 Å². The first kappa shape index (κ1) is 31.0. The molecule has 4 heteroatoms. The Labute approximate surface area is 241 Å². The summed E-state index contributed by atoms with van der Waals surface area (Å²) in [4.78, 5) is 12.7. The topological polar surface area (TPSA) is 44.8 Å². The summed E-state index contributed by atoms with van der Waals surface area (Å²) in [6.07, 6.45) is 15.3. The Morgan fingerprint density at radius 2 is 1.30 bits per heavy atom. The SMILES string of the molecule is C=CCCCCCCCCOc1ccc(-c2ccc(C(=O)Oc3ccc(O[C@@H](C)CCCCC)cc3)cc2)cc1. The lowest BCUT2D eigenvalue weighted by atomic mass is 10.0. The first-order chi connectivity index (χ1) is 19.6. The second-order valence-electron chi connectivity index (χ2n) is 10.4. The molecular weight excluding hydrogens is 496 g/mol. The predicted molar refractivity (Wildman–Crippen MR) is 166 cm³/mol. The van der Waals surface area contributed by atoms with Crippen molar-refractivity contribution in [3.05, 3.63) is 91.0 Å². The molecule has 0 saturated heterocycles.